The van der Waals surface area contributed by atoms with Crippen LogP contribution in [0.5, 0.6) is 0 Å². The number of amides is 1. The number of nitrogens with one attached hydrogen (secondary N) is 1. The quantitative estimate of drug-likeness (QED) is 0.637. The van der Waals surface area contributed by atoms with Crippen LogP contribution in [0.2, 0.25) is 0 Å². The zero-order chi connectivity index (χ0) is 19.7. The van der Waals surface area contributed by atoms with Crippen molar-refractivity contribution in [3.05, 3.63) is 59.9 Å². The number of rotatable bonds is 6. The van der Waals surface area contributed by atoms with Gasteiger partial charge in [0.15, 0.2) is 9.84 Å². The van der Waals surface area contributed by atoms with Crippen molar-refractivity contribution in [2.75, 3.05) is 13.2 Å². The van der Waals surface area contributed by atoms with Gasteiger partial charge < -0.3 is 14.6 Å². The van der Waals surface area contributed by atoms with Gasteiger partial charge in [0.05, 0.1) is 35.2 Å². The van der Waals surface area contributed by atoms with E-state index in [0.29, 0.717) is 13.0 Å². The van der Waals surface area contributed by atoms with Gasteiger partial charge in [0, 0.05) is 6.54 Å². The van der Waals surface area contributed by atoms with Crippen LogP contribution >= 0.6 is 0 Å². The maximum atomic E-state index is 12.9. The fourth-order valence-electron chi connectivity index (χ4n) is 3.62. The van der Waals surface area contributed by atoms with E-state index >= 15 is 0 Å². The van der Waals surface area contributed by atoms with E-state index in [1.165, 1.54) is 0 Å². The molecule has 0 aliphatic carbocycles. The number of nitrogens with zero attached hydrogens (tertiary/aromatic N) is 2. The largest absolute Gasteiger partial charge is 0.378 e. The summed E-state index contributed by atoms with van der Waals surface area (Å²) in [6, 6.07) is 14.3. The van der Waals surface area contributed by atoms with E-state index in [0.717, 1.165) is 22.4 Å². The molecule has 4 rings (SSSR count). The number of hydrogen-bond donors (Lipinski definition) is 1. The van der Waals surface area contributed by atoms with E-state index in [1.54, 1.807) is 12.1 Å². The van der Waals surface area contributed by atoms with Crippen molar-refractivity contribution in [2.45, 2.75) is 29.7 Å². The maximum absolute atomic E-state index is 12.9. The van der Waals surface area contributed by atoms with Gasteiger partial charge >= 0.3 is 0 Å². The fraction of sp³-hybridized carbons (Fsp3) is 0.300. The molecule has 2 atom stereocenters. The van der Waals surface area contributed by atoms with Gasteiger partial charge in [0.2, 0.25) is 6.41 Å². The van der Waals surface area contributed by atoms with Crippen LogP contribution in [0.4, 0.5) is 0 Å². The summed E-state index contributed by atoms with van der Waals surface area (Å²) in [4.78, 5) is 15.5. The Hall–Kier alpha value is -2.71. The summed E-state index contributed by atoms with van der Waals surface area (Å²) >= 11 is 0. The van der Waals surface area contributed by atoms with Crippen LogP contribution in [0.15, 0.2) is 53.4 Å². The number of aromatic nitrogens is 2. The number of benzene rings is 2. The molecule has 1 fully saturated rings. The third-order valence-electron chi connectivity index (χ3n) is 5.15. The lowest BCUT2D eigenvalue weighted by Gasteiger charge is -2.17. The second-order valence-electron chi connectivity index (χ2n) is 6.89. The Morgan fingerprint density at radius 2 is 1.93 bits per heavy atom. The van der Waals surface area contributed by atoms with Gasteiger partial charge in [-0.1, -0.05) is 24.3 Å². The second kappa shape index (κ2) is 7.37. The summed E-state index contributed by atoms with van der Waals surface area (Å²) in [5.74, 6) is 0.906. The molecule has 28 heavy (non-hydrogen) atoms. The molecule has 1 N–H and O–H groups in total. The predicted molar refractivity (Wildman–Crippen MR) is 105 cm³/mol. The average molecular weight is 399 g/mol. The van der Waals surface area contributed by atoms with Gasteiger partial charge in [0.25, 0.3) is 0 Å². The zero-order valence-electron chi connectivity index (χ0n) is 15.4. The van der Waals surface area contributed by atoms with Crippen molar-refractivity contribution < 1.29 is 17.9 Å². The van der Waals surface area contributed by atoms with Crippen molar-refractivity contribution in [1.29, 1.82) is 0 Å². The van der Waals surface area contributed by atoms with Crippen LogP contribution in [-0.4, -0.2) is 48.9 Å². The van der Waals surface area contributed by atoms with Crippen LogP contribution in [-0.2, 0) is 25.9 Å². The smallest absolute Gasteiger partial charge is 0.207 e. The Kier molecular flexibility index (Phi) is 4.91. The third kappa shape index (κ3) is 3.29. The minimum absolute atomic E-state index is 0.0792. The van der Waals surface area contributed by atoms with Crippen LogP contribution in [0, 0.1) is 6.92 Å². The van der Waals surface area contributed by atoms with E-state index in [2.05, 4.69) is 14.9 Å². The first-order valence-electron chi connectivity index (χ1n) is 9.03. The first-order valence-corrected chi connectivity index (χ1v) is 10.6. The Balaban J connectivity index is 1.58. The summed E-state index contributed by atoms with van der Waals surface area (Å²) in [6.07, 6.45) is 0.517. The number of para-hydroxylation sites is 2. The number of sulfone groups is 1. The van der Waals surface area contributed by atoms with Gasteiger partial charge in [-0.25, -0.2) is 13.4 Å². The zero-order valence-corrected chi connectivity index (χ0v) is 16.2. The molecule has 3 aromatic rings. The van der Waals surface area contributed by atoms with Crippen LogP contribution < -0.4 is 5.32 Å². The first kappa shape index (κ1) is 18.6. The SMILES string of the molecule is Cc1nc2ccccc2n1Cc1ccc(S(=O)(=O)C2COCC2NC=O)cc1. The topological polar surface area (TPSA) is 90.3 Å². The molecular formula is C20H21N3O4S. The van der Waals surface area contributed by atoms with Crippen molar-refractivity contribution in [3.8, 4) is 0 Å². The molecule has 1 aliphatic heterocycles. The number of hydrogen-bond acceptors (Lipinski definition) is 5. The molecule has 1 aromatic heterocycles. The molecule has 0 spiro atoms. The van der Waals surface area contributed by atoms with E-state index in [-0.39, 0.29) is 18.1 Å². The van der Waals surface area contributed by atoms with Gasteiger partial charge in [-0.3, -0.25) is 4.79 Å². The van der Waals surface area contributed by atoms with Gasteiger partial charge in [-0.15, -0.1) is 0 Å². The summed E-state index contributed by atoms with van der Waals surface area (Å²) in [7, 11) is -3.60. The number of aryl methyl sites for hydroxylation is 1. The lowest BCUT2D eigenvalue weighted by Crippen LogP contribution is -2.42. The van der Waals surface area contributed by atoms with E-state index in [9.17, 15) is 13.2 Å². The van der Waals surface area contributed by atoms with Gasteiger partial charge in [-0.2, -0.15) is 0 Å². The monoisotopic (exact) mass is 399 g/mol. The molecular weight excluding hydrogens is 378 g/mol. The van der Waals surface area contributed by atoms with Crippen molar-refractivity contribution >= 4 is 27.3 Å². The first-order chi connectivity index (χ1) is 13.5. The molecule has 1 saturated heterocycles. The molecule has 0 radical (unpaired) electrons. The lowest BCUT2D eigenvalue weighted by molar-refractivity contribution is -0.110. The van der Waals surface area contributed by atoms with E-state index < -0.39 is 21.1 Å². The van der Waals surface area contributed by atoms with Gasteiger partial charge in [0.1, 0.15) is 11.1 Å². The highest BCUT2D eigenvalue weighted by atomic mass is 32.2. The van der Waals surface area contributed by atoms with Crippen LogP contribution in [0.1, 0.15) is 11.4 Å². The minimum Gasteiger partial charge on any atom is -0.378 e. The Morgan fingerprint density at radius 3 is 2.68 bits per heavy atom. The summed E-state index contributed by atoms with van der Waals surface area (Å²) in [5.41, 5.74) is 2.96. The average Bonchev–Trinajstić information content (AvgIpc) is 3.28. The van der Waals surface area contributed by atoms with Crippen LogP contribution in [0.3, 0.4) is 0 Å². The molecule has 2 aromatic carbocycles. The minimum atomic E-state index is -3.60. The summed E-state index contributed by atoms with van der Waals surface area (Å²) < 4.78 is 33.2. The number of imidazole rings is 1. The molecule has 1 amide bonds. The molecule has 146 valence electrons. The predicted octanol–water partition coefficient (Wildman–Crippen LogP) is 1.68. The Bertz CT molecular complexity index is 1110. The standard InChI is InChI=1S/C20H21N3O4S/c1-14-22-17-4-2-3-5-19(17)23(14)10-15-6-8-16(9-7-15)28(25,26)20-12-27-11-18(20)21-13-24/h2-9,13,18,20H,10-12H2,1H3,(H,21,24). The molecule has 8 heteroatoms. The summed E-state index contributed by atoms with van der Waals surface area (Å²) in [5, 5.41) is 1.77. The molecule has 1 aliphatic rings. The van der Waals surface area contributed by atoms with Gasteiger partial charge in [-0.05, 0) is 36.8 Å². The molecule has 0 bridgehead atoms. The van der Waals surface area contributed by atoms with Crippen molar-refractivity contribution in [2.24, 2.45) is 0 Å². The third-order valence-corrected chi connectivity index (χ3v) is 7.34. The maximum Gasteiger partial charge on any atom is 0.207 e. The highest BCUT2D eigenvalue weighted by Crippen LogP contribution is 2.24. The number of carbonyl (C=O) groups excluding carboxylic acids is 1. The number of fused-ring (bicyclic) bond motifs is 1. The summed E-state index contributed by atoms with van der Waals surface area (Å²) in [6.45, 7) is 2.84. The number of carbonyl (C=O) groups is 1. The molecule has 2 heterocycles. The molecule has 7 nitrogen and oxygen atoms in total. The van der Waals surface area contributed by atoms with Crippen LogP contribution in [0.25, 0.3) is 11.0 Å². The molecule has 2 unspecified atom stereocenters. The lowest BCUT2D eigenvalue weighted by atomic mass is 10.2. The Morgan fingerprint density at radius 1 is 1.18 bits per heavy atom. The highest BCUT2D eigenvalue weighted by molar-refractivity contribution is 7.92. The number of ether oxygens (including phenoxy) is 1. The fourth-order valence-corrected chi connectivity index (χ4v) is 5.35. The van der Waals surface area contributed by atoms with Crippen molar-refractivity contribution in [3.63, 3.8) is 0 Å². The highest BCUT2D eigenvalue weighted by Gasteiger charge is 2.39. The van der Waals surface area contributed by atoms with Crippen molar-refractivity contribution in [1.82, 2.24) is 14.9 Å². The second-order valence-corrected chi connectivity index (χ2v) is 9.06. The Labute approximate surface area is 163 Å². The molecule has 0 saturated carbocycles. The normalized spacial score (nSPS) is 19.8. The van der Waals surface area contributed by atoms with E-state index in [4.69, 9.17) is 4.74 Å². The van der Waals surface area contributed by atoms with E-state index in [1.807, 2.05) is 43.3 Å².